The highest BCUT2D eigenvalue weighted by atomic mass is 16.3. The summed E-state index contributed by atoms with van der Waals surface area (Å²) < 4.78 is 11.8. The molecular formula is C48H54N2O2. The fraction of sp³-hybridized carbons (Fsp3) is 0.333. The first-order valence-electron chi connectivity index (χ1n) is 19.1. The predicted molar refractivity (Wildman–Crippen MR) is 222 cm³/mol. The number of fused-ring (bicyclic) bond motifs is 10. The molecule has 2 saturated carbocycles. The Bertz CT molecular complexity index is 2060. The van der Waals surface area contributed by atoms with Crippen LogP contribution >= 0.6 is 0 Å². The van der Waals surface area contributed by atoms with Crippen LogP contribution in [0.3, 0.4) is 0 Å². The lowest BCUT2D eigenvalue weighted by molar-refractivity contribution is 0.544. The molecule has 4 aliphatic rings. The highest BCUT2D eigenvalue weighted by Gasteiger charge is 2.43. The van der Waals surface area contributed by atoms with Gasteiger partial charge in [0.05, 0.1) is 0 Å². The quantitative estimate of drug-likeness (QED) is 0.184. The number of benzene rings is 4. The Balaban J connectivity index is 0.000000109. The summed E-state index contributed by atoms with van der Waals surface area (Å²) in [6.45, 7) is 13.1. The fourth-order valence-electron chi connectivity index (χ4n) is 7.22. The molecule has 52 heavy (non-hydrogen) atoms. The lowest BCUT2D eigenvalue weighted by Gasteiger charge is -2.21. The summed E-state index contributed by atoms with van der Waals surface area (Å²) in [5, 5.41) is 2.54. The van der Waals surface area contributed by atoms with Gasteiger partial charge in [0.25, 0.3) is 0 Å². The van der Waals surface area contributed by atoms with Gasteiger partial charge in [0.2, 0.25) is 0 Å². The van der Waals surface area contributed by atoms with E-state index in [-0.39, 0.29) is 5.41 Å². The van der Waals surface area contributed by atoms with Crippen LogP contribution < -0.4 is 9.80 Å². The Morgan fingerprint density at radius 3 is 1.42 bits per heavy atom. The Labute approximate surface area is 310 Å². The van der Waals surface area contributed by atoms with Gasteiger partial charge in [0.1, 0.15) is 22.7 Å². The minimum Gasteiger partial charge on any atom is -0.460 e. The van der Waals surface area contributed by atoms with Crippen LogP contribution in [0.4, 0.5) is 11.4 Å². The molecule has 0 amide bonds. The maximum atomic E-state index is 5.89. The van der Waals surface area contributed by atoms with E-state index in [1.807, 2.05) is 18.2 Å². The second-order valence-electron chi connectivity index (χ2n) is 15.6. The van der Waals surface area contributed by atoms with Gasteiger partial charge in [-0.3, -0.25) is 0 Å². The molecule has 0 N–H and O–H groups in total. The number of nitrogens with zero attached hydrogens (tertiary/aromatic N) is 2. The molecule has 2 aromatic heterocycles. The second kappa shape index (κ2) is 14.9. The molecule has 4 nitrogen and oxygen atoms in total. The highest BCUT2D eigenvalue weighted by Crippen LogP contribution is 2.55. The van der Waals surface area contributed by atoms with Crippen molar-refractivity contribution in [1.82, 2.24) is 0 Å². The zero-order chi connectivity index (χ0) is 36.4. The third-order valence-corrected chi connectivity index (χ3v) is 11.0. The second-order valence-corrected chi connectivity index (χ2v) is 15.6. The smallest absolute Gasteiger partial charge is 0.134 e. The minimum atomic E-state index is 0.253. The van der Waals surface area contributed by atoms with E-state index in [1.165, 1.54) is 63.2 Å². The largest absolute Gasteiger partial charge is 0.460 e. The van der Waals surface area contributed by atoms with E-state index in [9.17, 15) is 0 Å². The Hall–Kier alpha value is -4.96. The summed E-state index contributed by atoms with van der Waals surface area (Å²) >= 11 is 0. The average Bonchev–Trinajstić information content (AvgIpc) is 4.09. The summed E-state index contributed by atoms with van der Waals surface area (Å²) in [4.78, 5) is 4.45. The Kier molecular flexibility index (Phi) is 10.2. The van der Waals surface area contributed by atoms with Gasteiger partial charge in [-0.1, -0.05) is 112 Å². The Morgan fingerprint density at radius 2 is 0.981 bits per heavy atom. The molecule has 0 spiro atoms. The lowest BCUT2D eigenvalue weighted by Crippen LogP contribution is -2.16. The summed E-state index contributed by atoms with van der Waals surface area (Å²) in [6.07, 6.45) is 11.7. The van der Waals surface area contributed by atoms with Crippen LogP contribution in [-0.2, 0) is 5.41 Å². The van der Waals surface area contributed by atoms with E-state index in [0.29, 0.717) is 11.8 Å². The molecule has 0 bridgehead atoms. The first-order chi connectivity index (χ1) is 25.2. The third-order valence-electron chi connectivity index (χ3n) is 11.0. The van der Waals surface area contributed by atoms with Crippen LogP contribution in [0, 0.1) is 11.8 Å². The van der Waals surface area contributed by atoms with Gasteiger partial charge in [-0.25, -0.2) is 0 Å². The Morgan fingerprint density at radius 1 is 0.558 bits per heavy atom. The molecule has 6 aromatic rings. The molecule has 2 fully saturated rings. The summed E-state index contributed by atoms with van der Waals surface area (Å²) in [5.74, 6) is 5.34. The topological polar surface area (TPSA) is 32.8 Å². The molecule has 4 atom stereocenters. The summed E-state index contributed by atoms with van der Waals surface area (Å²) in [7, 11) is 4.21. The molecule has 4 aliphatic carbocycles. The molecule has 4 heteroatoms. The molecule has 10 rings (SSSR count). The molecule has 0 radical (unpaired) electrons. The van der Waals surface area contributed by atoms with Gasteiger partial charge < -0.3 is 18.6 Å². The maximum absolute atomic E-state index is 5.89. The first-order valence-corrected chi connectivity index (χ1v) is 19.1. The van der Waals surface area contributed by atoms with Crippen molar-refractivity contribution in [1.29, 1.82) is 0 Å². The molecule has 4 unspecified atom stereocenters. The number of hydrogen-bond acceptors (Lipinski definition) is 4. The number of para-hydroxylation sites is 3. The van der Waals surface area contributed by atoms with Crippen molar-refractivity contribution in [3.8, 4) is 0 Å². The van der Waals surface area contributed by atoms with Gasteiger partial charge >= 0.3 is 0 Å². The maximum Gasteiger partial charge on any atom is 0.134 e. The van der Waals surface area contributed by atoms with Gasteiger partial charge in [-0.15, -0.1) is 0 Å². The van der Waals surface area contributed by atoms with Gasteiger partial charge in [0.15, 0.2) is 0 Å². The number of hydrogen-bond donors (Lipinski definition) is 0. The number of rotatable bonds is 4. The van der Waals surface area contributed by atoms with Crippen molar-refractivity contribution in [2.24, 2.45) is 11.8 Å². The summed E-state index contributed by atoms with van der Waals surface area (Å²) in [5.41, 5.74) is 8.93. The van der Waals surface area contributed by atoms with Crippen molar-refractivity contribution < 1.29 is 8.83 Å². The summed E-state index contributed by atoms with van der Waals surface area (Å²) in [6, 6.07) is 35.8. The number of allylic oxidation sites excluding steroid dienone is 2. The minimum absolute atomic E-state index is 0.253. The molecule has 0 aliphatic heterocycles. The molecule has 2 heterocycles. The number of furan rings is 2. The molecule has 268 valence electrons. The van der Waals surface area contributed by atoms with Crippen LogP contribution in [0.1, 0.15) is 87.5 Å². The molecule has 4 aromatic carbocycles. The predicted octanol–water partition coefficient (Wildman–Crippen LogP) is 12.7. The van der Waals surface area contributed by atoms with Crippen LogP contribution in [0.5, 0.6) is 0 Å². The zero-order valence-corrected chi connectivity index (χ0v) is 32.0. The van der Waals surface area contributed by atoms with Gasteiger partial charge in [-0.05, 0) is 85.9 Å². The third kappa shape index (κ3) is 7.62. The lowest BCUT2D eigenvalue weighted by atomic mass is 9.87. The zero-order valence-electron chi connectivity index (χ0n) is 32.0. The van der Waals surface area contributed by atoms with Crippen LogP contribution in [0.25, 0.3) is 34.1 Å². The van der Waals surface area contributed by atoms with Crippen molar-refractivity contribution in [3.63, 3.8) is 0 Å². The van der Waals surface area contributed by atoms with E-state index < -0.39 is 0 Å². The van der Waals surface area contributed by atoms with E-state index in [1.54, 1.807) is 0 Å². The van der Waals surface area contributed by atoms with E-state index >= 15 is 0 Å². The molecular weight excluding hydrogens is 637 g/mol. The van der Waals surface area contributed by atoms with Gasteiger partial charge in [0, 0.05) is 72.3 Å². The van der Waals surface area contributed by atoms with Crippen molar-refractivity contribution >= 4 is 45.5 Å². The monoisotopic (exact) mass is 690 g/mol. The van der Waals surface area contributed by atoms with E-state index in [2.05, 4.69) is 168 Å². The van der Waals surface area contributed by atoms with Crippen molar-refractivity contribution in [2.45, 2.75) is 64.7 Å². The van der Waals surface area contributed by atoms with Crippen molar-refractivity contribution in [2.75, 3.05) is 37.0 Å². The van der Waals surface area contributed by atoms with Crippen LogP contribution in [0.15, 0.2) is 124 Å². The average molecular weight is 691 g/mol. The van der Waals surface area contributed by atoms with Gasteiger partial charge in [-0.2, -0.15) is 0 Å². The highest BCUT2D eigenvalue weighted by molar-refractivity contribution is 5.90. The first kappa shape index (κ1) is 35.4. The fourth-order valence-corrected chi connectivity index (χ4v) is 7.22. The standard InChI is InChI=1S/C13H21N.2C13H10O.C9H13N/c1-6-14(5)12-9-7-11(8-10-12)13(2,3)4;2*1-2-4-12-9(3-1)10-6-5-8-7-11(8)13(10)14-12;1-3-10(2)9-7-5-4-6-8-9/h7-10H,6H2,1-5H3;2*1-6,8,11H,7H2;4-8H,3H2,1-2H3. The van der Waals surface area contributed by atoms with E-state index in [0.717, 1.165) is 36.1 Å². The normalized spacial score (nSPS) is 19.7. The molecule has 0 saturated heterocycles. The van der Waals surface area contributed by atoms with Crippen molar-refractivity contribution in [3.05, 3.63) is 143 Å². The van der Waals surface area contributed by atoms with Crippen LogP contribution in [0.2, 0.25) is 0 Å². The number of anilines is 2. The SMILES string of the molecule is C1=CC2CC2c2oc3ccccc3c21.C1=CC2CC2c2oc3ccccc3c21.CCN(C)c1ccc(C(C)(C)C)cc1.CCN(C)c1ccccc1. The van der Waals surface area contributed by atoms with E-state index in [4.69, 9.17) is 8.83 Å². The van der Waals surface area contributed by atoms with Crippen LogP contribution in [-0.4, -0.2) is 27.2 Å².